The van der Waals surface area contributed by atoms with E-state index in [1.165, 1.54) is 0 Å². The molecule has 114 valence electrons. The largest absolute Gasteiger partial charge is 0.397 e. The maximum Gasteiger partial charge on any atom is 0.270 e. The lowest BCUT2D eigenvalue weighted by Gasteiger charge is -2.21. The summed E-state index contributed by atoms with van der Waals surface area (Å²) in [5.74, 6) is 0.0764. The zero-order valence-electron chi connectivity index (χ0n) is 13.0. The number of nitrogens with one attached hydrogen (secondary N) is 1. The Kier molecular flexibility index (Phi) is 5.26. The van der Waals surface area contributed by atoms with E-state index in [1.54, 1.807) is 0 Å². The minimum Gasteiger partial charge on any atom is -0.397 e. The van der Waals surface area contributed by atoms with Gasteiger partial charge < -0.3 is 15.6 Å². The molecule has 4 nitrogen and oxygen atoms in total. The maximum absolute atomic E-state index is 12.7. The van der Waals surface area contributed by atoms with Gasteiger partial charge in [0.15, 0.2) is 0 Å². The van der Waals surface area contributed by atoms with Gasteiger partial charge >= 0.3 is 0 Å². The normalized spacial score (nSPS) is 11.0. The molecule has 0 bridgehead atoms. The summed E-state index contributed by atoms with van der Waals surface area (Å²) in [6.07, 6.45) is 4.26. The Hall–Kier alpha value is -1.97. The molecule has 0 atom stereocenters. The average molecular weight is 287 g/mol. The van der Waals surface area contributed by atoms with E-state index in [4.69, 9.17) is 5.73 Å². The third-order valence-corrected chi connectivity index (χ3v) is 3.77. The van der Waals surface area contributed by atoms with Crippen LogP contribution in [0.25, 0.3) is 10.9 Å². The highest BCUT2D eigenvalue weighted by Gasteiger charge is 2.17. The van der Waals surface area contributed by atoms with Crippen molar-refractivity contribution in [2.45, 2.75) is 39.5 Å². The number of hydrogen-bond donors (Lipinski definition) is 2. The van der Waals surface area contributed by atoms with E-state index >= 15 is 0 Å². The number of unbranched alkanes of at least 4 members (excludes halogenated alkanes) is 2. The number of benzene rings is 1. The Balaban J connectivity index is 2.22. The fourth-order valence-electron chi connectivity index (χ4n) is 2.48. The van der Waals surface area contributed by atoms with Gasteiger partial charge in [-0.15, -0.1) is 0 Å². The molecular weight excluding hydrogens is 262 g/mol. The van der Waals surface area contributed by atoms with Gasteiger partial charge in [-0.05, 0) is 25.0 Å². The van der Waals surface area contributed by atoms with Crippen LogP contribution in [-0.2, 0) is 0 Å². The summed E-state index contributed by atoms with van der Waals surface area (Å²) < 4.78 is 0. The number of nitrogens with zero attached hydrogens (tertiary/aromatic N) is 1. The number of H-pyrrole nitrogens is 1. The van der Waals surface area contributed by atoms with Crippen molar-refractivity contribution >= 4 is 22.5 Å². The molecule has 0 aliphatic heterocycles. The number of carbonyl (C=O) groups excluding carboxylic acids is 1. The molecule has 4 heteroatoms. The van der Waals surface area contributed by atoms with Crippen LogP contribution in [0.2, 0.25) is 0 Å². The highest BCUT2D eigenvalue weighted by Crippen LogP contribution is 2.22. The molecule has 0 saturated carbocycles. The van der Waals surface area contributed by atoms with Crippen molar-refractivity contribution in [3.8, 4) is 0 Å². The fraction of sp³-hybridized carbons (Fsp3) is 0.471. The van der Waals surface area contributed by atoms with Gasteiger partial charge in [-0.1, -0.05) is 38.8 Å². The molecule has 3 N–H and O–H groups in total. The number of hydrogen-bond acceptors (Lipinski definition) is 2. The zero-order valence-corrected chi connectivity index (χ0v) is 13.0. The minimum absolute atomic E-state index is 0.0764. The number of aromatic nitrogens is 1. The van der Waals surface area contributed by atoms with Gasteiger partial charge in [0.1, 0.15) is 5.69 Å². The first-order valence-corrected chi connectivity index (χ1v) is 7.83. The molecule has 0 aliphatic carbocycles. The van der Waals surface area contributed by atoms with Crippen LogP contribution in [0.15, 0.2) is 24.3 Å². The first-order valence-electron chi connectivity index (χ1n) is 7.83. The van der Waals surface area contributed by atoms with E-state index in [1.807, 2.05) is 29.2 Å². The molecule has 1 aromatic heterocycles. The number of nitrogen functional groups attached to an aromatic ring is 1. The predicted molar refractivity (Wildman–Crippen MR) is 88.4 cm³/mol. The number of amides is 1. The van der Waals surface area contributed by atoms with Crippen molar-refractivity contribution in [1.82, 2.24) is 9.88 Å². The Morgan fingerprint density at radius 1 is 1.19 bits per heavy atom. The van der Waals surface area contributed by atoms with E-state index in [-0.39, 0.29) is 5.91 Å². The van der Waals surface area contributed by atoms with Crippen LogP contribution in [-0.4, -0.2) is 28.9 Å². The average Bonchev–Trinajstić information content (AvgIpc) is 2.92. The SMILES string of the molecule is CCCCN(CCCC)C(=O)c1cc2cccc(N)c2[nH]1. The molecule has 1 heterocycles. The summed E-state index contributed by atoms with van der Waals surface area (Å²) >= 11 is 0. The van der Waals surface area contributed by atoms with Crippen molar-refractivity contribution in [2.24, 2.45) is 0 Å². The van der Waals surface area contributed by atoms with Crippen molar-refractivity contribution < 1.29 is 4.79 Å². The summed E-state index contributed by atoms with van der Waals surface area (Å²) in [5.41, 5.74) is 8.12. The molecule has 0 radical (unpaired) electrons. The second-order valence-electron chi connectivity index (χ2n) is 5.49. The smallest absolute Gasteiger partial charge is 0.270 e. The summed E-state index contributed by atoms with van der Waals surface area (Å²) in [7, 11) is 0. The number of rotatable bonds is 7. The van der Waals surface area contributed by atoms with Crippen LogP contribution in [0.3, 0.4) is 0 Å². The highest BCUT2D eigenvalue weighted by molar-refractivity contribution is 6.00. The summed E-state index contributed by atoms with van der Waals surface area (Å²) in [6.45, 7) is 5.93. The number of fused-ring (bicyclic) bond motifs is 1. The van der Waals surface area contributed by atoms with Gasteiger partial charge in [-0.3, -0.25) is 4.79 Å². The standard InChI is InChI=1S/C17H25N3O/c1-3-5-10-20(11-6-4-2)17(21)15-12-13-8-7-9-14(18)16(13)19-15/h7-9,12,19H,3-6,10-11,18H2,1-2H3. The van der Waals surface area contributed by atoms with Gasteiger partial charge in [0, 0.05) is 18.5 Å². The van der Waals surface area contributed by atoms with Crippen molar-refractivity contribution in [1.29, 1.82) is 0 Å². The third kappa shape index (κ3) is 3.57. The van der Waals surface area contributed by atoms with Crippen molar-refractivity contribution in [3.63, 3.8) is 0 Å². The Morgan fingerprint density at radius 2 is 1.86 bits per heavy atom. The molecule has 2 aromatic rings. The van der Waals surface area contributed by atoms with Crippen LogP contribution in [0.1, 0.15) is 50.0 Å². The van der Waals surface area contributed by atoms with Crippen LogP contribution in [0, 0.1) is 0 Å². The van der Waals surface area contributed by atoms with Crippen LogP contribution >= 0.6 is 0 Å². The maximum atomic E-state index is 12.7. The fourth-order valence-corrected chi connectivity index (χ4v) is 2.48. The topological polar surface area (TPSA) is 62.1 Å². The third-order valence-electron chi connectivity index (χ3n) is 3.77. The molecule has 0 saturated heterocycles. The quantitative estimate of drug-likeness (QED) is 0.761. The van der Waals surface area contributed by atoms with Crippen molar-refractivity contribution in [3.05, 3.63) is 30.0 Å². The van der Waals surface area contributed by atoms with Gasteiger partial charge in [0.2, 0.25) is 0 Å². The van der Waals surface area contributed by atoms with E-state index in [0.717, 1.165) is 49.7 Å². The lowest BCUT2D eigenvalue weighted by molar-refractivity contribution is 0.0746. The van der Waals surface area contributed by atoms with E-state index < -0.39 is 0 Å². The second kappa shape index (κ2) is 7.16. The molecule has 1 amide bonds. The Morgan fingerprint density at radius 3 is 2.43 bits per heavy atom. The highest BCUT2D eigenvalue weighted by atomic mass is 16.2. The minimum atomic E-state index is 0.0764. The van der Waals surface area contributed by atoms with E-state index in [0.29, 0.717) is 11.4 Å². The number of carbonyl (C=O) groups is 1. The number of aromatic amines is 1. The molecular formula is C17H25N3O. The molecule has 0 fully saturated rings. The lowest BCUT2D eigenvalue weighted by Crippen LogP contribution is -2.33. The first kappa shape index (κ1) is 15.4. The summed E-state index contributed by atoms with van der Waals surface area (Å²) in [5, 5.41) is 0.990. The molecule has 1 aromatic carbocycles. The monoisotopic (exact) mass is 287 g/mol. The molecule has 0 unspecified atom stereocenters. The predicted octanol–water partition coefficient (Wildman–Crippen LogP) is 3.79. The second-order valence-corrected chi connectivity index (χ2v) is 5.49. The van der Waals surface area contributed by atoms with Crippen molar-refractivity contribution in [2.75, 3.05) is 18.8 Å². The van der Waals surface area contributed by atoms with E-state index in [9.17, 15) is 4.79 Å². The first-order chi connectivity index (χ1) is 10.2. The molecule has 21 heavy (non-hydrogen) atoms. The molecule has 0 aliphatic rings. The van der Waals surface area contributed by atoms with Crippen LogP contribution < -0.4 is 5.73 Å². The number of nitrogens with two attached hydrogens (primary N) is 1. The number of anilines is 1. The number of para-hydroxylation sites is 1. The van der Waals surface area contributed by atoms with Gasteiger partial charge in [-0.25, -0.2) is 0 Å². The van der Waals surface area contributed by atoms with Gasteiger partial charge in [0.25, 0.3) is 5.91 Å². The van der Waals surface area contributed by atoms with Gasteiger partial charge in [-0.2, -0.15) is 0 Å². The lowest BCUT2D eigenvalue weighted by atomic mass is 10.2. The molecule has 2 rings (SSSR count). The van der Waals surface area contributed by atoms with Crippen LogP contribution in [0.5, 0.6) is 0 Å². The van der Waals surface area contributed by atoms with Crippen LogP contribution in [0.4, 0.5) is 5.69 Å². The Labute approximate surface area is 126 Å². The summed E-state index contributed by atoms with van der Waals surface area (Å²) in [4.78, 5) is 17.8. The zero-order chi connectivity index (χ0) is 15.2. The molecule has 0 spiro atoms. The van der Waals surface area contributed by atoms with Gasteiger partial charge in [0.05, 0.1) is 11.2 Å². The summed E-state index contributed by atoms with van der Waals surface area (Å²) in [6, 6.07) is 7.63. The van der Waals surface area contributed by atoms with E-state index in [2.05, 4.69) is 18.8 Å². The Bertz CT molecular complexity index is 595.